The second-order valence-electron chi connectivity index (χ2n) is 8.38. The van der Waals surface area contributed by atoms with Gasteiger partial charge in [-0.25, -0.2) is 0 Å². The third-order valence-electron chi connectivity index (χ3n) is 6.32. The lowest BCUT2D eigenvalue weighted by Crippen LogP contribution is -2.29. The Bertz CT molecular complexity index is 1490. The number of furan rings is 1. The maximum atomic E-state index is 11.2. The molecule has 1 N–H and O–H groups in total. The first kappa shape index (κ1) is 25.0. The van der Waals surface area contributed by atoms with Crippen molar-refractivity contribution in [3.8, 4) is 28.6 Å². The van der Waals surface area contributed by atoms with E-state index in [1.54, 1.807) is 38.6 Å². The van der Waals surface area contributed by atoms with E-state index in [1.165, 1.54) is 19.2 Å². The standard InChI is InChI=1S/C27H24N4O6S/c1-34-17-8-10-20(24(15-17)36-3)30-26(25(29-27(30)38)19-6-4-5-13-28-19)22-12-11-21(37-22)18-9-7-16(31(32)33)14-23(18)35-2/h4-15,25-26H,1-3H3,(H,29,38)/t25-,26-/m1/s1. The highest BCUT2D eigenvalue weighted by atomic mass is 32.1. The van der Waals surface area contributed by atoms with Crippen molar-refractivity contribution in [3.05, 3.63) is 94.5 Å². The number of benzene rings is 2. The Labute approximate surface area is 223 Å². The summed E-state index contributed by atoms with van der Waals surface area (Å²) in [5.41, 5.74) is 2.01. The fourth-order valence-electron chi connectivity index (χ4n) is 4.54. The average Bonchev–Trinajstić information content (AvgIpc) is 3.57. The predicted molar refractivity (Wildman–Crippen MR) is 145 cm³/mol. The first-order valence-corrected chi connectivity index (χ1v) is 12.0. The minimum absolute atomic E-state index is 0.0734. The van der Waals surface area contributed by atoms with Crippen LogP contribution in [0.1, 0.15) is 23.5 Å². The predicted octanol–water partition coefficient (Wildman–Crippen LogP) is 5.45. The Morgan fingerprint density at radius 2 is 1.82 bits per heavy atom. The number of thiocarbonyl (C=S) groups is 1. The number of methoxy groups -OCH3 is 3. The minimum atomic E-state index is -0.470. The van der Waals surface area contributed by atoms with Crippen LogP contribution in [0, 0.1) is 10.1 Å². The average molecular weight is 533 g/mol. The summed E-state index contributed by atoms with van der Waals surface area (Å²) in [7, 11) is 4.63. The second-order valence-corrected chi connectivity index (χ2v) is 8.76. The topological polar surface area (TPSA) is 112 Å². The van der Waals surface area contributed by atoms with Crippen LogP contribution in [-0.4, -0.2) is 36.3 Å². The van der Waals surface area contributed by atoms with Gasteiger partial charge < -0.3 is 28.8 Å². The molecule has 0 spiro atoms. The molecule has 194 valence electrons. The molecule has 0 unspecified atom stereocenters. The number of rotatable bonds is 8. The van der Waals surface area contributed by atoms with Crippen LogP contribution in [0.5, 0.6) is 17.2 Å². The van der Waals surface area contributed by atoms with E-state index in [4.69, 9.17) is 30.8 Å². The summed E-state index contributed by atoms with van der Waals surface area (Å²) >= 11 is 5.80. The minimum Gasteiger partial charge on any atom is -0.497 e. The van der Waals surface area contributed by atoms with Crippen LogP contribution in [0.25, 0.3) is 11.3 Å². The van der Waals surface area contributed by atoms with E-state index in [1.807, 2.05) is 41.3 Å². The van der Waals surface area contributed by atoms with Crippen molar-refractivity contribution in [1.29, 1.82) is 0 Å². The van der Waals surface area contributed by atoms with Gasteiger partial charge in [0.2, 0.25) is 0 Å². The number of aromatic nitrogens is 1. The second kappa shape index (κ2) is 10.4. The van der Waals surface area contributed by atoms with Crippen molar-refractivity contribution in [2.75, 3.05) is 26.2 Å². The zero-order valence-corrected chi connectivity index (χ0v) is 21.6. The summed E-state index contributed by atoms with van der Waals surface area (Å²) in [6.07, 6.45) is 1.73. The summed E-state index contributed by atoms with van der Waals surface area (Å²) in [6.45, 7) is 0. The number of nitrogens with one attached hydrogen (secondary N) is 1. The highest BCUT2D eigenvalue weighted by molar-refractivity contribution is 7.80. The molecule has 1 fully saturated rings. The molecule has 0 aliphatic carbocycles. The van der Waals surface area contributed by atoms with Crippen molar-refractivity contribution in [1.82, 2.24) is 10.3 Å². The molecule has 4 aromatic rings. The molecule has 0 amide bonds. The van der Waals surface area contributed by atoms with E-state index >= 15 is 0 Å². The van der Waals surface area contributed by atoms with Gasteiger partial charge in [0.15, 0.2) is 5.11 Å². The van der Waals surface area contributed by atoms with Crippen LogP contribution in [-0.2, 0) is 0 Å². The van der Waals surface area contributed by atoms with Gasteiger partial charge in [0.25, 0.3) is 5.69 Å². The van der Waals surface area contributed by atoms with Gasteiger partial charge in [0, 0.05) is 18.3 Å². The van der Waals surface area contributed by atoms with Gasteiger partial charge in [-0.1, -0.05) is 6.07 Å². The maximum absolute atomic E-state index is 11.2. The van der Waals surface area contributed by atoms with Crippen molar-refractivity contribution >= 4 is 28.7 Å². The summed E-state index contributed by atoms with van der Waals surface area (Å²) < 4.78 is 22.9. The van der Waals surface area contributed by atoms with Gasteiger partial charge in [0.1, 0.15) is 34.8 Å². The Hall–Kier alpha value is -4.64. The van der Waals surface area contributed by atoms with Gasteiger partial charge in [-0.3, -0.25) is 15.1 Å². The van der Waals surface area contributed by atoms with Gasteiger partial charge in [-0.15, -0.1) is 0 Å². The van der Waals surface area contributed by atoms with Crippen LogP contribution in [0.15, 0.2) is 77.3 Å². The third kappa shape index (κ3) is 4.48. The number of hydrogen-bond acceptors (Lipinski definition) is 8. The molecule has 2 aromatic carbocycles. The summed E-state index contributed by atoms with van der Waals surface area (Å²) in [5.74, 6) is 2.64. The number of anilines is 1. The lowest BCUT2D eigenvalue weighted by atomic mass is 10.0. The zero-order valence-electron chi connectivity index (χ0n) is 20.8. The number of non-ortho nitro benzene ring substituents is 1. The Kier molecular flexibility index (Phi) is 6.84. The lowest BCUT2D eigenvalue weighted by molar-refractivity contribution is -0.384. The zero-order chi connectivity index (χ0) is 26.8. The quantitative estimate of drug-likeness (QED) is 0.178. The van der Waals surface area contributed by atoms with E-state index in [2.05, 4.69) is 10.3 Å². The molecule has 0 saturated carbocycles. The van der Waals surface area contributed by atoms with Gasteiger partial charge in [-0.2, -0.15) is 0 Å². The molecule has 11 heteroatoms. The summed E-state index contributed by atoms with van der Waals surface area (Å²) in [4.78, 5) is 17.3. The van der Waals surface area contributed by atoms with Crippen LogP contribution < -0.4 is 24.4 Å². The van der Waals surface area contributed by atoms with Gasteiger partial charge in [-0.05, 0) is 54.7 Å². The van der Waals surface area contributed by atoms with E-state index in [-0.39, 0.29) is 11.7 Å². The molecule has 1 aliphatic rings. The summed E-state index contributed by atoms with van der Waals surface area (Å²) in [6, 6.07) is 18.5. The molecule has 2 aromatic heterocycles. The lowest BCUT2D eigenvalue weighted by Gasteiger charge is -2.27. The van der Waals surface area contributed by atoms with Crippen molar-refractivity contribution < 1.29 is 23.6 Å². The molecule has 1 aliphatic heterocycles. The number of nitrogens with zero attached hydrogens (tertiary/aromatic N) is 3. The number of ether oxygens (including phenoxy) is 3. The first-order valence-electron chi connectivity index (χ1n) is 11.6. The molecule has 5 rings (SSSR count). The number of hydrogen-bond donors (Lipinski definition) is 1. The number of pyridine rings is 1. The molecule has 3 heterocycles. The molecule has 10 nitrogen and oxygen atoms in total. The molecule has 38 heavy (non-hydrogen) atoms. The molecule has 2 atom stereocenters. The van der Waals surface area contributed by atoms with E-state index in [9.17, 15) is 10.1 Å². The van der Waals surface area contributed by atoms with E-state index in [0.29, 0.717) is 39.4 Å². The molecular weight excluding hydrogens is 508 g/mol. The highest BCUT2D eigenvalue weighted by Crippen LogP contribution is 2.46. The summed E-state index contributed by atoms with van der Waals surface area (Å²) in [5, 5.41) is 15.1. The SMILES string of the molecule is COc1ccc(N2C(=S)N[C@H](c3ccccn3)[C@H]2c2ccc(-c3ccc([N+](=O)[O-])cc3OC)o2)c(OC)c1. The van der Waals surface area contributed by atoms with Gasteiger partial charge in [0.05, 0.1) is 55.3 Å². The first-order chi connectivity index (χ1) is 18.4. The van der Waals surface area contributed by atoms with Crippen LogP contribution in [0.2, 0.25) is 0 Å². The molecular formula is C27H24N4O6S. The largest absolute Gasteiger partial charge is 0.497 e. The number of nitro benzene ring substituents is 1. The van der Waals surface area contributed by atoms with Crippen LogP contribution >= 0.6 is 12.2 Å². The van der Waals surface area contributed by atoms with E-state index < -0.39 is 11.0 Å². The third-order valence-corrected chi connectivity index (χ3v) is 6.64. The monoisotopic (exact) mass is 532 g/mol. The van der Waals surface area contributed by atoms with Crippen molar-refractivity contribution in [3.63, 3.8) is 0 Å². The van der Waals surface area contributed by atoms with Crippen LogP contribution in [0.4, 0.5) is 11.4 Å². The molecule has 1 saturated heterocycles. The Morgan fingerprint density at radius 3 is 2.50 bits per heavy atom. The molecule has 0 radical (unpaired) electrons. The Morgan fingerprint density at radius 1 is 1.00 bits per heavy atom. The van der Waals surface area contributed by atoms with E-state index in [0.717, 1.165) is 11.4 Å². The maximum Gasteiger partial charge on any atom is 0.273 e. The Balaban J connectivity index is 1.62. The van der Waals surface area contributed by atoms with Crippen molar-refractivity contribution in [2.24, 2.45) is 0 Å². The molecule has 0 bridgehead atoms. The van der Waals surface area contributed by atoms with Crippen LogP contribution in [0.3, 0.4) is 0 Å². The number of nitro groups is 1. The fraction of sp³-hybridized carbons (Fsp3) is 0.185. The smallest absolute Gasteiger partial charge is 0.273 e. The fourth-order valence-corrected chi connectivity index (χ4v) is 4.88. The highest BCUT2D eigenvalue weighted by Gasteiger charge is 2.43. The van der Waals surface area contributed by atoms with Gasteiger partial charge >= 0.3 is 0 Å². The van der Waals surface area contributed by atoms with Crippen molar-refractivity contribution in [2.45, 2.75) is 12.1 Å². The normalized spacial score (nSPS) is 16.7.